The number of likely N-dealkylation sites (N-methyl/N-ethyl adjacent to an activating group) is 1. The van der Waals surface area contributed by atoms with E-state index in [1.165, 1.54) is 0 Å². The Kier molecular flexibility index (Phi) is 3.56. The Balaban J connectivity index is 1.97. The second-order valence-electron chi connectivity index (χ2n) is 4.50. The van der Waals surface area contributed by atoms with Crippen LogP contribution in [0.1, 0.15) is 12.0 Å². The Morgan fingerprint density at radius 1 is 1.62 bits per heavy atom. The molecule has 0 spiro atoms. The average molecular weight is 226 g/mol. The Morgan fingerprint density at radius 3 is 3.06 bits per heavy atom. The number of likely N-dealkylation sites (tertiary alicyclic amines) is 1. The molecule has 90 valence electrons. The van der Waals surface area contributed by atoms with E-state index in [1.807, 2.05) is 26.5 Å². The number of alkyl halides is 1. The first kappa shape index (κ1) is 11.5. The third-order valence-corrected chi connectivity index (χ3v) is 3.06. The molecule has 1 aliphatic rings. The highest BCUT2D eigenvalue weighted by Crippen LogP contribution is 2.21. The third-order valence-electron chi connectivity index (χ3n) is 3.06. The second kappa shape index (κ2) is 4.93. The van der Waals surface area contributed by atoms with E-state index in [0.717, 1.165) is 18.7 Å². The van der Waals surface area contributed by atoms with Crippen LogP contribution in [0.15, 0.2) is 12.4 Å². The molecule has 1 saturated heterocycles. The van der Waals surface area contributed by atoms with Gasteiger partial charge < -0.3 is 5.32 Å². The molecule has 16 heavy (non-hydrogen) atoms. The molecule has 0 aromatic carbocycles. The Labute approximate surface area is 95.4 Å². The van der Waals surface area contributed by atoms with Gasteiger partial charge in [-0.2, -0.15) is 5.10 Å². The number of aromatic nitrogens is 2. The predicted molar refractivity (Wildman–Crippen MR) is 60.8 cm³/mol. The molecular weight excluding hydrogens is 207 g/mol. The van der Waals surface area contributed by atoms with Crippen LogP contribution < -0.4 is 5.32 Å². The lowest BCUT2D eigenvalue weighted by atomic mass is 10.2. The molecule has 0 amide bonds. The van der Waals surface area contributed by atoms with Gasteiger partial charge in [0.25, 0.3) is 0 Å². The molecule has 2 unspecified atom stereocenters. The normalized spacial score (nSPS) is 26.4. The molecule has 0 bridgehead atoms. The van der Waals surface area contributed by atoms with Crippen LogP contribution in [0, 0.1) is 0 Å². The second-order valence-corrected chi connectivity index (χ2v) is 4.50. The summed E-state index contributed by atoms with van der Waals surface area (Å²) in [7, 11) is 3.81. The van der Waals surface area contributed by atoms with Gasteiger partial charge in [0.2, 0.25) is 0 Å². The van der Waals surface area contributed by atoms with Crippen LogP contribution in [0.2, 0.25) is 0 Å². The minimum atomic E-state index is -0.685. The van der Waals surface area contributed by atoms with E-state index in [2.05, 4.69) is 15.3 Å². The summed E-state index contributed by atoms with van der Waals surface area (Å²) in [6.07, 6.45) is 3.79. The Morgan fingerprint density at radius 2 is 2.44 bits per heavy atom. The van der Waals surface area contributed by atoms with E-state index in [-0.39, 0.29) is 0 Å². The molecule has 2 heterocycles. The van der Waals surface area contributed by atoms with E-state index in [1.54, 1.807) is 4.68 Å². The van der Waals surface area contributed by atoms with Crippen molar-refractivity contribution in [2.75, 3.05) is 20.1 Å². The van der Waals surface area contributed by atoms with E-state index in [0.29, 0.717) is 19.0 Å². The van der Waals surface area contributed by atoms with Crippen LogP contribution >= 0.6 is 0 Å². The van der Waals surface area contributed by atoms with Gasteiger partial charge in [0, 0.05) is 44.5 Å². The summed E-state index contributed by atoms with van der Waals surface area (Å²) >= 11 is 0. The van der Waals surface area contributed by atoms with Gasteiger partial charge in [-0.05, 0) is 13.5 Å². The lowest BCUT2D eigenvalue weighted by Crippen LogP contribution is -2.36. The summed E-state index contributed by atoms with van der Waals surface area (Å²) in [6.45, 7) is 2.18. The zero-order valence-corrected chi connectivity index (χ0v) is 9.86. The largest absolute Gasteiger partial charge is 0.318 e. The molecule has 2 atom stereocenters. The molecule has 1 aromatic rings. The number of rotatable bonds is 4. The number of nitrogens with one attached hydrogen (secondary N) is 1. The van der Waals surface area contributed by atoms with Crippen molar-refractivity contribution in [3.05, 3.63) is 18.0 Å². The molecular formula is C11H19FN4. The first-order valence-corrected chi connectivity index (χ1v) is 5.69. The van der Waals surface area contributed by atoms with Crippen molar-refractivity contribution in [2.45, 2.75) is 25.2 Å². The first-order valence-electron chi connectivity index (χ1n) is 5.69. The molecule has 0 radical (unpaired) electrons. The molecule has 1 aromatic heterocycles. The quantitative estimate of drug-likeness (QED) is 0.814. The van der Waals surface area contributed by atoms with Gasteiger partial charge in [-0.1, -0.05) is 0 Å². The van der Waals surface area contributed by atoms with Crippen LogP contribution in [-0.4, -0.2) is 47.0 Å². The van der Waals surface area contributed by atoms with Crippen molar-refractivity contribution in [2.24, 2.45) is 7.05 Å². The summed E-state index contributed by atoms with van der Waals surface area (Å²) in [5.74, 6) is 0. The number of hydrogen-bond acceptors (Lipinski definition) is 3. The van der Waals surface area contributed by atoms with Crippen molar-refractivity contribution in [3.63, 3.8) is 0 Å². The van der Waals surface area contributed by atoms with Crippen LogP contribution in [0.3, 0.4) is 0 Å². The molecule has 0 saturated carbocycles. The molecule has 5 heteroatoms. The van der Waals surface area contributed by atoms with E-state index >= 15 is 0 Å². The zero-order chi connectivity index (χ0) is 11.5. The number of nitrogens with zero attached hydrogens (tertiary/aromatic N) is 3. The summed E-state index contributed by atoms with van der Waals surface area (Å²) in [5.41, 5.74) is 1.15. The standard InChI is InChI=1S/C11H19FN4/c1-13-5-11-3-10(12)8-16(11)7-9-4-14-15(2)6-9/h4,6,10-11,13H,3,5,7-8H2,1-2H3. The van der Waals surface area contributed by atoms with Crippen LogP contribution in [0.5, 0.6) is 0 Å². The topological polar surface area (TPSA) is 33.1 Å². The van der Waals surface area contributed by atoms with Gasteiger partial charge in [0.05, 0.1) is 6.20 Å². The van der Waals surface area contributed by atoms with Crippen LogP contribution in [0.4, 0.5) is 4.39 Å². The van der Waals surface area contributed by atoms with Gasteiger partial charge in [-0.15, -0.1) is 0 Å². The molecule has 0 aliphatic carbocycles. The summed E-state index contributed by atoms with van der Waals surface area (Å²) < 4.78 is 15.1. The third kappa shape index (κ3) is 2.59. The van der Waals surface area contributed by atoms with Crippen molar-refractivity contribution >= 4 is 0 Å². The number of aryl methyl sites for hydroxylation is 1. The SMILES string of the molecule is CNCC1CC(F)CN1Cc1cnn(C)c1. The Bertz CT molecular complexity index is 338. The Hall–Kier alpha value is -0.940. The van der Waals surface area contributed by atoms with Crippen molar-refractivity contribution in [3.8, 4) is 0 Å². The fraction of sp³-hybridized carbons (Fsp3) is 0.727. The monoisotopic (exact) mass is 226 g/mol. The maximum Gasteiger partial charge on any atom is 0.114 e. The fourth-order valence-corrected chi connectivity index (χ4v) is 2.35. The molecule has 1 N–H and O–H groups in total. The van der Waals surface area contributed by atoms with Gasteiger partial charge >= 0.3 is 0 Å². The minimum Gasteiger partial charge on any atom is -0.318 e. The average Bonchev–Trinajstić information content (AvgIpc) is 2.76. The van der Waals surface area contributed by atoms with Gasteiger partial charge in [-0.25, -0.2) is 4.39 Å². The van der Waals surface area contributed by atoms with Crippen molar-refractivity contribution in [1.82, 2.24) is 20.0 Å². The van der Waals surface area contributed by atoms with Crippen LogP contribution in [0.25, 0.3) is 0 Å². The molecule has 2 rings (SSSR count). The number of hydrogen-bond donors (Lipinski definition) is 1. The first-order chi connectivity index (χ1) is 7.69. The predicted octanol–water partition coefficient (Wildman–Crippen LogP) is 0.552. The summed E-state index contributed by atoms with van der Waals surface area (Å²) in [5, 5.41) is 7.25. The zero-order valence-electron chi connectivity index (χ0n) is 9.86. The van der Waals surface area contributed by atoms with Crippen molar-refractivity contribution < 1.29 is 4.39 Å². The molecule has 1 fully saturated rings. The molecule has 1 aliphatic heterocycles. The van der Waals surface area contributed by atoms with E-state index in [4.69, 9.17) is 0 Å². The van der Waals surface area contributed by atoms with Gasteiger partial charge in [0.1, 0.15) is 6.17 Å². The lowest BCUT2D eigenvalue weighted by molar-refractivity contribution is 0.232. The van der Waals surface area contributed by atoms with Crippen molar-refractivity contribution in [1.29, 1.82) is 0 Å². The maximum absolute atomic E-state index is 13.4. The molecule has 4 nitrogen and oxygen atoms in total. The summed E-state index contributed by atoms with van der Waals surface area (Å²) in [4.78, 5) is 2.19. The number of halogens is 1. The fourth-order valence-electron chi connectivity index (χ4n) is 2.35. The summed E-state index contributed by atoms with van der Waals surface area (Å²) in [6, 6.07) is 0.306. The van der Waals surface area contributed by atoms with Gasteiger partial charge in [-0.3, -0.25) is 9.58 Å². The lowest BCUT2D eigenvalue weighted by Gasteiger charge is -2.22. The minimum absolute atomic E-state index is 0.306. The van der Waals surface area contributed by atoms with Crippen LogP contribution in [-0.2, 0) is 13.6 Å². The van der Waals surface area contributed by atoms with E-state index in [9.17, 15) is 4.39 Å². The maximum atomic E-state index is 13.4. The van der Waals surface area contributed by atoms with Gasteiger partial charge in [0.15, 0.2) is 0 Å². The smallest absolute Gasteiger partial charge is 0.114 e. The van der Waals surface area contributed by atoms with E-state index < -0.39 is 6.17 Å². The highest BCUT2D eigenvalue weighted by molar-refractivity contribution is 5.05. The highest BCUT2D eigenvalue weighted by atomic mass is 19.1. The highest BCUT2D eigenvalue weighted by Gasteiger charge is 2.31.